The molecule has 8 aromatic rings. The van der Waals surface area contributed by atoms with E-state index in [1.807, 2.05) is 82.3 Å². The van der Waals surface area contributed by atoms with Crippen molar-refractivity contribution in [3.05, 3.63) is 158 Å². The number of para-hydroxylation sites is 2. The molecule has 0 radical (unpaired) electrons. The number of hydrogen-bond acceptors (Lipinski definition) is 3. The van der Waals surface area contributed by atoms with Crippen LogP contribution in [0.25, 0.3) is 55.7 Å². The highest BCUT2D eigenvalue weighted by Gasteiger charge is 2.18. The van der Waals surface area contributed by atoms with Crippen molar-refractivity contribution < 1.29 is 13.7 Å². The van der Waals surface area contributed by atoms with Crippen molar-refractivity contribution in [1.82, 2.24) is 9.55 Å². The number of fused-ring (bicyclic) bond motifs is 3. The van der Waals surface area contributed by atoms with Gasteiger partial charge in [-0.1, -0.05) is 87.5 Å². The molecule has 3 heterocycles. The summed E-state index contributed by atoms with van der Waals surface area (Å²) in [5.41, 5.74) is 9.20. The third-order valence-electron chi connectivity index (χ3n) is 8.54. The van der Waals surface area contributed by atoms with Crippen molar-refractivity contribution >= 4 is 21.9 Å². The van der Waals surface area contributed by atoms with E-state index in [-0.39, 0.29) is 5.41 Å². The van der Waals surface area contributed by atoms with Gasteiger partial charge in [0, 0.05) is 41.0 Å². The zero-order valence-electron chi connectivity index (χ0n) is 26.5. The van der Waals surface area contributed by atoms with Crippen LogP contribution in [0, 0.1) is 6.33 Å². The van der Waals surface area contributed by atoms with E-state index in [2.05, 4.69) is 99.9 Å². The summed E-state index contributed by atoms with van der Waals surface area (Å²) in [5, 5.41) is 2.18. The van der Waals surface area contributed by atoms with E-state index in [0.717, 1.165) is 67.2 Å². The predicted octanol–water partition coefficient (Wildman–Crippen LogP) is 10.3. The summed E-state index contributed by atoms with van der Waals surface area (Å²) < 4.78 is 16.4. The van der Waals surface area contributed by atoms with Gasteiger partial charge in [0.2, 0.25) is 0 Å². The standard InChI is InChI=1S/C42H33N3O2/c1-42(2,3)29-21-22-43-38(25-29)34-14-5-4-13-33(34)35-15-6-8-17-39(35)45-24-23-44(28-45)30-11-10-12-31(26-30)46-32-19-20-37-36-16-7-9-18-40(36)47-41(37)27-32/h4-27H,1-3H3. The van der Waals surface area contributed by atoms with E-state index < -0.39 is 0 Å². The average Bonchev–Trinajstić information content (AvgIpc) is 3.73. The number of hydrogen-bond donors (Lipinski definition) is 0. The maximum absolute atomic E-state index is 6.30. The number of ether oxygens (including phenoxy) is 1. The predicted molar refractivity (Wildman–Crippen MR) is 187 cm³/mol. The molecule has 0 fully saturated rings. The molecule has 0 aliphatic heterocycles. The third kappa shape index (κ3) is 5.46. The van der Waals surface area contributed by atoms with Crippen molar-refractivity contribution in [2.45, 2.75) is 26.2 Å². The number of rotatable bonds is 6. The van der Waals surface area contributed by atoms with E-state index in [9.17, 15) is 0 Å². The van der Waals surface area contributed by atoms with Crippen molar-refractivity contribution in [2.75, 3.05) is 0 Å². The molecule has 8 rings (SSSR count). The number of pyridine rings is 1. The fourth-order valence-corrected chi connectivity index (χ4v) is 6.09. The lowest BCUT2D eigenvalue weighted by Gasteiger charge is -2.20. The van der Waals surface area contributed by atoms with Gasteiger partial charge in [-0.25, -0.2) is 0 Å². The van der Waals surface area contributed by atoms with Gasteiger partial charge in [-0.2, -0.15) is 0 Å². The van der Waals surface area contributed by atoms with Crippen LogP contribution in [-0.2, 0) is 5.41 Å². The summed E-state index contributed by atoms with van der Waals surface area (Å²) in [6.45, 7) is 6.69. The minimum absolute atomic E-state index is 0.0305. The van der Waals surface area contributed by atoms with Gasteiger partial charge < -0.3 is 9.15 Å². The summed E-state index contributed by atoms with van der Waals surface area (Å²) in [4.78, 5) is 4.78. The molecule has 3 aromatic heterocycles. The molecule has 5 aromatic carbocycles. The van der Waals surface area contributed by atoms with Crippen molar-refractivity contribution in [3.8, 4) is 45.3 Å². The molecule has 0 bridgehead atoms. The van der Waals surface area contributed by atoms with Gasteiger partial charge in [0.15, 0.2) is 0 Å². The molecule has 0 N–H and O–H groups in total. The monoisotopic (exact) mass is 611 g/mol. The Morgan fingerprint density at radius 1 is 0.681 bits per heavy atom. The molecule has 0 aliphatic carbocycles. The molecule has 228 valence electrons. The second kappa shape index (κ2) is 11.5. The zero-order valence-corrected chi connectivity index (χ0v) is 26.5. The van der Waals surface area contributed by atoms with Gasteiger partial charge in [-0.15, -0.1) is 0 Å². The van der Waals surface area contributed by atoms with E-state index in [0.29, 0.717) is 0 Å². The molecule has 0 aliphatic rings. The number of aromatic nitrogens is 3. The maximum Gasteiger partial charge on any atom is 0.268 e. The van der Waals surface area contributed by atoms with Crippen LogP contribution in [0.15, 0.2) is 150 Å². The van der Waals surface area contributed by atoms with Crippen LogP contribution in [0.3, 0.4) is 0 Å². The van der Waals surface area contributed by atoms with Crippen LogP contribution in [0.2, 0.25) is 0 Å². The summed E-state index contributed by atoms with van der Waals surface area (Å²) >= 11 is 0. The summed E-state index contributed by atoms with van der Waals surface area (Å²) in [6.07, 6.45) is 9.48. The van der Waals surface area contributed by atoms with Gasteiger partial charge >= 0.3 is 0 Å². The lowest BCUT2D eigenvalue weighted by Crippen LogP contribution is -2.29. The van der Waals surface area contributed by atoms with Crippen molar-refractivity contribution in [2.24, 2.45) is 0 Å². The van der Waals surface area contributed by atoms with E-state index in [1.165, 1.54) is 5.56 Å². The molecule has 5 heteroatoms. The molecule has 0 unspecified atom stereocenters. The van der Waals surface area contributed by atoms with Crippen molar-refractivity contribution in [1.29, 1.82) is 0 Å². The first-order chi connectivity index (χ1) is 22.9. The van der Waals surface area contributed by atoms with Crippen LogP contribution < -0.4 is 9.30 Å². The van der Waals surface area contributed by atoms with Crippen LogP contribution in [0.4, 0.5) is 0 Å². The molecular formula is C42H33N3O2. The first-order valence-electron chi connectivity index (χ1n) is 15.8. The fraction of sp³-hybridized carbons (Fsp3) is 0.0952. The minimum Gasteiger partial charge on any atom is -0.458 e. The number of benzene rings is 5. The van der Waals surface area contributed by atoms with Gasteiger partial charge in [-0.3, -0.25) is 14.1 Å². The van der Waals surface area contributed by atoms with Crippen LogP contribution in [0.1, 0.15) is 26.3 Å². The Labute approximate surface area is 274 Å². The number of imidazole rings is 1. The fourth-order valence-electron chi connectivity index (χ4n) is 6.09. The molecule has 0 amide bonds. The van der Waals surface area contributed by atoms with Gasteiger partial charge in [0.1, 0.15) is 22.7 Å². The smallest absolute Gasteiger partial charge is 0.268 e. The Bertz CT molecular complexity index is 2390. The highest BCUT2D eigenvalue weighted by molar-refractivity contribution is 6.05. The molecule has 47 heavy (non-hydrogen) atoms. The summed E-state index contributed by atoms with van der Waals surface area (Å²) in [6, 6.07) is 43.3. The molecular weight excluding hydrogens is 578 g/mol. The second-order valence-corrected chi connectivity index (χ2v) is 12.7. The Morgan fingerprint density at radius 3 is 2.30 bits per heavy atom. The van der Waals surface area contributed by atoms with E-state index in [4.69, 9.17) is 14.1 Å². The molecule has 0 spiro atoms. The lowest BCUT2D eigenvalue weighted by molar-refractivity contribution is -0.598. The number of furan rings is 1. The molecule has 0 atom stereocenters. The highest BCUT2D eigenvalue weighted by Crippen LogP contribution is 2.36. The lowest BCUT2D eigenvalue weighted by atomic mass is 9.86. The minimum atomic E-state index is 0.0305. The van der Waals surface area contributed by atoms with Gasteiger partial charge in [-0.05, 0) is 76.7 Å². The van der Waals surface area contributed by atoms with Gasteiger partial charge in [0.25, 0.3) is 6.33 Å². The summed E-state index contributed by atoms with van der Waals surface area (Å²) in [5.74, 6) is 1.45. The molecule has 0 saturated heterocycles. The highest BCUT2D eigenvalue weighted by atomic mass is 16.5. The first-order valence-corrected chi connectivity index (χ1v) is 15.8. The largest absolute Gasteiger partial charge is 0.458 e. The third-order valence-corrected chi connectivity index (χ3v) is 8.54. The topological polar surface area (TPSA) is 44.1 Å². The van der Waals surface area contributed by atoms with Gasteiger partial charge in [0.05, 0.1) is 17.1 Å². The second-order valence-electron chi connectivity index (χ2n) is 12.7. The Hall–Kier alpha value is -5.94. The molecule has 0 saturated carbocycles. The first kappa shape index (κ1) is 28.5. The SMILES string of the molecule is CC(C)(C)c1ccnc(-c2ccccc2-c2ccccc2-[n+]2[c-]n(-c3cccc(Oc4ccc5c(c4)oc4ccccc45)c3)cc2)c1. The quantitative estimate of drug-likeness (QED) is 0.139. The normalized spacial score (nSPS) is 11.7. The number of nitrogens with zero attached hydrogens (tertiary/aromatic N) is 3. The average molecular weight is 612 g/mol. The van der Waals surface area contributed by atoms with E-state index >= 15 is 0 Å². The van der Waals surface area contributed by atoms with Crippen LogP contribution in [0.5, 0.6) is 11.5 Å². The van der Waals surface area contributed by atoms with Crippen molar-refractivity contribution in [3.63, 3.8) is 0 Å². The zero-order chi connectivity index (χ0) is 32.0. The maximum atomic E-state index is 6.30. The Morgan fingerprint density at radius 2 is 1.43 bits per heavy atom. The van der Waals surface area contributed by atoms with E-state index in [1.54, 1.807) is 0 Å². The van der Waals surface area contributed by atoms with Crippen LogP contribution in [-0.4, -0.2) is 9.55 Å². The molecule has 5 nitrogen and oxygen atoms in total. The summed E-state index contributed by atoms with van der Waals surface area (Å²) in [7, 11) is 0. The Kier molecular flexibility index (Phi) is 6.95. The van der Waals surface area contributed by atoms with Crippen LogP contribution >= 0.6 is 0 Å². The Balaban J connectivity index is 1.10.